The number of nitrogens with one attached hydrogen (secondary N) is 1. The molecule has 7 nitrogen and oxygen atoms in total. The van der Waals surface area contributed by atoms with Gasteiger partial charge in [-0.05, 0) is 86.3 Å². The first-order valence-corrected chi connectivity index (χ1v) is 13.7. The van der Waals surface area contributed by atoms with Crippen molar-refractivity contribution in [3.05, 3.63) is 94.0 Å². The molecule has 0 heterocycles. The Bertz CT molecular complexity index is 1390. The summed E-state index contributed by atoms with van der Waals surface area (Å²) in [6.07, 6.45) is 0. The summed E-state index contributed by atoms with van der Waals surface area (Å²) in [6.45, 7) is 7.03. The van der Waals surface area contributed by atoms with E-state index in [1.165, 1.54) is 36.2 Å². The molecular formula is C28H32ClN3O4S. The van der Waals surface area contributed by atoms with E-state index in [1.54, 1.807) is 19.1 Å². The first-order valence-electron chi connectivity index (χ1n) is 11.9. The maximum absolute atomic E-state index is 13.8. The standard InChI is InChI=1S/C28H32ClN3O4S/c1-19-10-13-25(16-21(19)3)32(37(35,36)26-14-11-24(29)12-15-26)18-27(33)31(22(4)28(34)30-5)17-23-9-7-6-8-20(23)2/h6-16,22H,17-18H2,1-5H3,(H,30,34)/t22-/m1/s1. The zero-order valence-electron chi connectivity index (χ0n) is 21.7. The van der Waals surface area contributed by atoms with E-state index in [0.29, 0.717) is 10.7 Å². The van der Waals surface area contributed by atoms with Crippen molar-refractivity contribution >= 4 is 39.1 Å². The van der Waals surface area contributed by atoms with Gasteiger partial charge in [-0.1, -0.05) is 41.9 Å². The molecule has 0 aliphatic rings. The van der Waals surface area contributed by atoms with Gasteiger partial charge in [-0.25, -0.2) is 8.42 Å². The molecule has 0 saturated heterocycles. The number of rotatable bonds is 9. The zero-order valence-corrected chi connectivity index (χ0v) is 23.2. The van der Waals surface area contributed by atoms with E-state index in [2.05, 4.69) is 5.32 Å². The topological polar surface area (TPSA) is 86.8 Å². The van der Waals surface area contributed by atoms with Crippen molar-refractivity contribution in [3.8, 4) is 0 Å². The van der Waals surface area contributed by atoms with Gasteiger partial charge in [0.15, 0.2) is 0 Å². The van der Waals surface area contributed by atoms with Gasteiger partial charge >= 0.3 is 0 Å². The molecule has 0 aromatic heterocycles. The first kappa shape index (κ1) is 28.2. The molecule has 3 aromatic carbocycles. The third-order valence-corrected chi connectivity index (χ3v) is 8.51. The highest BCUT2D eigenvalue weighted by atomic mass is 35.5. The number of amides is 2. The molecule has 37 heavy (non-hydrogen) atoms. The molecule has 0 aliphatic heterocycles. The number of carbonyl (C=O) groups is 2. The van der Waals surface area contributed by atoms with Crippen molar-refractivity contribution in [2.24, 2.45) is 0 Å². The third-order valence-electron chi connectivity index (χ3n) is 6.47. The number of anilines is 1. The van der Waals surface area contributed by atoms with E-state index >= 15 is 0 Å². The smallest absolute Gasteiger partial charge is 0.264 e. The summed E-state index contributed by atoms with van der Waals surface area (Å²) in [4.78, 5) is 27.8. The molecule has 9 heteroatoms. The second-order valence-corrected chi connectivity index (χ2v) is 11.3. The van der Waals surface area contributed by atoms with Gasteiger partial charge < -0.3 is 10.2 Å². The lowest BCUT2D eigenvalue weighted by atomic mass is 10.1. The monoisotopic (exact) mass is 541 g/mol. The molecule has 0 spiro atoms. The maximum Gasteiger partial charge on any atom is 0.264 e. The summed E-state index contributed by atoms with van der Waals surface area (Å²) in [6, 6.07) is 17.8. The summed E-state index contributed by atoms with van der Waals surface area (Å²) < 4.78 is 28.7. The highest BCUT2D eigenvalue weighted by Gasteiger charge is 2.32. The van der Waals surface area contributed by atoms with Crippen LogP contribution in [0.15, 0.2) is 71.6 Å². The summed E-state index contributed by atoms with van der Waals surface area (Å²) in [7, 11) is -2.63. The molecule has 0 fully saturated rings. The summed E-state index contributed by atoms with van der Waals surface area (Å²) in [5.74, 6) is -0.852. The predicted molar refractivity (Wildman–Crippen MR) is 147 cm³/mol. The fourth-order valence-electron chi connectivity index (χ4n) is 3.91. The Hall–Kier alpha value is -3.36. The number of hydrogen-bond acceptors (Lipinski definition) is 4. The van der Waals surface area contributed by atoms with Crippen LogP contribution in [0, 0.1) is 20.8 Å². The van der Waals surface area contributed by atoms with Crippen LogP contribution in [-0.4, -0.2) is 44.8 Å². The van der Waals surface area contributed by atoms with Gasteiger partial charge in [-0.2, -0.15) is 0 Å². The zero-order chi connectivity index (χ0) is 27.3. The van der Waals surface area contributed by atoms with E-state index in [4.69, 9.17) is 11.6 Å². The van der Waals surface area contributed by atoms with Crippen LogP contribution in [0.1, 0.15) is 29.2 Å². The van der Waals surface area contributed by atoms with Gasteiger partial charge in [-0.3, -0.25) is 13.9 Å². The van der Waals surface area contributed by atoms with Crippen LogP contribution in [0.5, 0.6) is 0 Å². The molecule has 0 unspecified atom stereocenters. The number of likely N-dealkylation sites (N-methyl/N-ethyl adjacent to an activating group) is 1. The van der Waals surface area contributed by atoms with Crippen LogP contribution >= 0.6 is 11.6 Å². The lowest BCUT2D eigenvalue weighted by Gasteiger charge is -2.32. The summed E-state index contributed by atoms with van der Waals surface area (Å²) in [5, 5.41) is 2.98. The first-order chi connectivity index (χ1) is 17.4. The molecule has 0 bridgehead atoms. The van der Waals surface area contributed by atoms with Crippen molar-refractivity contribution in [2.45, 2.75) is 45.2 Å². The summed E-state index contributed by atoms with van der Waals surface area (Å²) >= 11 is 5.98. The van der Waals surface area contributed by atoms with Crippen molar-refractivity contribution in [3.63, 3.8) is 0 Å². The maximum atomic E-state index is 13.8. The highest BCUT2D eigenvalue weighted by Crippen LogP contribution is 2.27. The van der Waals surface area contributed by atoms with Crippen LogP contribution in [-0.2, 0) is 26.2 Å². The Labute approximate surface area is 224 Å². The van der Waals surface area contributed by atoms with Gasteiger partial charge in [0.05, 0.1) is 10.6 Å². The number of halogens is 1. The molecule has 3 rings (SSSR count). The number of benzene rings is 3. The lowest BCUT2D eigenvalue weighted by molar-refractivity contribution is -0.139. The number of nitrogens with zero attached hydrogens (tertiary/aromatic N) is 2. The minimum absolute atomic E-state index is 0.00716. The minimum atomic E-state index is -4.13. The lowest BCUT2D eigenvalue weighted by Crippen LogP contribution is -2.50. The molecule has 0 aliphatic carbocycles. The van der Waals surface area contributed by atoms with Crippen LogP contribution in [0.3, 0.4) is 0 Å². The predicted octanol–water partition coefficient (Wildman–Crippen LogP) is 4.62. The van der Waals surface area contributed by atoms with Crippen LogP contribution < -0.4 is 9.62 Å². The molecule has 3 aromatic rings. The van der Waals surface area contributed by atoms with Crippen LogP contribution in [0.4, 0.5) is 5.69 Å². The second kappa shape index (κ2) is 11.8. The normalized spacial score (nSPS) is 12.1. The van der Waals surface area contributed by atoms with Crippen LogP contribution in [0.25, 0.3) is 0 Å². The van der Waals surface area contributed by atoms with Gasteiger partial charge in [0, 0.05) is 18.6 Å². The molecule has 2 amide bonds. The van der Waals surface area contributed by atoms with E-state index in [-0.39, 0.29) is 17.3 Å². The second-order valence-electron chi connectivity index (χ2n) is 8.97. The van der Waals surface area contributed by atoms with Crippen molar-refractivity contribution < 1.29 is 18.0 Å². The SMILES string of the molecule is CNC(=O)[C@@H](C)N(Cc1ccccc1C)C(=O)CN(c1ccc(C)c(C)c1)S(=O)(=O)c1ccc(Cl)cc1. The number of hydrogen-bond donors (Lipinski definition) is 1. The van der Waals surface area contributed by atoms with E-state index in [9.17, 15) is 18.0 Å². The van der Waals surface area contributed by atoms with Crippen molar-refractivity contribution in [2.75, 3.05) is 17.9 Å². The Kier molecular flexibility index (Phi) is 8.99. The Morgan fingerprint density at radius 1 is 0.919 bits per heavy atom. The summed E-state index contributed by atoms with van der Waals surface area (Å²) in [5.41, 5.74) is 4.06. The Morgan fingerprint density at radius 2 is 1.57 bits per heavy atom. The van der Waals surface area contributed by atoms with Crippen molar-refractivity contribution in [1.82, 2.24) is 10.2 Å². The average Bonchev–Trinajstić information content (AvgIpc) is 2.87. The van der Waals surface area contributed by atoms with E-state index in [1.807, 2.05) is 51.1 Å². The highest BCUT2D eigenvalue weighted by molar-refractivity contribution is 7.92. The average molecular weight is 542 g/mol. The largest absolute Gasteiger partial charge is 0.357 e. The van der Waals surface area contributed by atoms with Gasteiger partial charge in [-0.15, -0.1) is 0 Å². The van der Waals surface area contributed by atoms with Crippen molar-refractivity contribution in [1.29, 1.82) is 0 Å². The molecular weight excluding hydrogens is 510 g/mol. The molecule has 196 valence electrons. The van der Waals surface area contributed by atoms with Gasteiger partial charge in [0.2, 0.25) is 11.8 Å². The van der Waals surface area contributed by atoms with E-state index < -0.39 is 28.5 Å². The fourth-order valence-corrected chi connectivity index (χ4v) is 5.44. The third kappa shape index (κ3) is 6.50. The minimum Gasteiger partial charge on any atom is -0.357 e. The number of sulfonamides is 1. The van der Waals surface area contributed by atoms with Gasteiger partial charge in [0.1, 0.15) is 12.6 Å². The quantitative estimate of drug-likeness (QED) is 0.428. The molecule has 0 radical (unpaired) electrons. The Morgan fingerprint density at radius 3 is 2.16 bits per heavy atom. The van der Waals surface area contributed by atoms with Crippen LogP contribution in [0.2, 0.25) is 5.02 Å². The Balaban J connectivity index is 2.07. The molecule has 0 saturated carbocycles. The molecule has 1 atom stereocenters. The fraction of sp³-hybridized carbons (Fsp3) is 0.286. The number of aryl methyl sites for hydroxylation is 3. The van der Waals surface area contributed by atoms with Gasteiger partial charge in [0.25, 0.3) is 10.0 Å². The number of carbonyl (C=O) groups excluding carboxylic acids is 2. The van der Waals surface area contributed by atoms with E-state index in [0.717, 1.165) is 26.6 Å². The molecule has 1 N–H and O–H groups in total.